The third kappa shape index (κ3) is 2.02. The molecule has 2 aromatic heterocycles. The van der Waals surface area contributed by atoms with Crippen LogP contribution >= 0.6 is 11.3 Å². The van der Waals surface area contributed by atoms with Gasteiger partial charge >= 0.3 is 0 Å². The number of rotatable bonds is 2. The van der Waals surface area contributed by atoms with Crippen molar-refractivity contribution in [1.29, 1.82) is 0 Å². The fourth-order valence-electron chi connectivity index (χ4n) is 2.29. The maximum absolute atomic E-state index is 6.21. The van der Waals surface area contributed by atoms with Gasteiger partial charge in [0.15, 0.2) is 0 Å². The predicted octanol–water partition coefficient (Wildman–Crippen LogP) is 4.01. The summed E-state index contributed by atoms with van der Waals surface area (Å²) in [6.07, 6.45) is 0. The molecule has 0 saturated heterocycles. The van der Waals surface area contributed by atoms with Crippen molar-refractivity contribution in [2.45, 2.75) is 13.8 Å². The van der Waals surface area contributed by atoms with Crippen LogP contribution in [0, 0.1) is 13.8 Å². The maximum atomic E-state index is 6.21. The molecular weight excluding hydrogens is 266 g/mol. The van der Waals surface area contributed by atoms with Crippen LogP contribution in [-0.2, 0) is 7.05 Å². The van der Waals surface area contributed by atoms with Crippen LogP contribution < -0.4 is 5.73 Å². The molecule has 2 N–H and O–H groups in total. The van der Waals surface area contributed by atoms with Gasteiger partial charge in [0.25, 0.3) is 0 Å². The zero-order valence-electron chi connectivity index (χ0n) is 11.8. The average Bonchev–Trinajstić information content (AvgIpc) is 3.03. The van der Waals surface area contributed by atoms with Gasteiger partial charge in [-0.05, 0) is 42.5 Å². The number of hydrogen-bond acceptors (Lipinski definition) is 3. The molecule has 0 amide bonds. The molecule has 0 spiro atoms. The second-order valence-electron chi connectivity index (χ2n) is 5.01. The highest BCUT2D eigenvalue weighted by Gasteiger charge is 2.18. The van der Waals surface area contributed by atoms with Crippen molar-refractivity contribution in [1.82, 2.24) is 9.78 Å². The molecule has 20 heavy (non-hydrogen) atoms. The predicted molar refractivity (Wildman–Crippen MR) is 85.8 cm³/mol. The first-order chi connectivity index (χ1) is 9.58. The Kier molecular flexibility index (Phi) is 3.10. The second kappa shape index (κ2) is 4.80. The molecule has 0 aliphatic rings. The van der Waals surface area contributed by atoms with Crippen LogP contribution in [0.15, 0.2) is 35.7 Å². The van der Waals surface area contributed by atoms with E-state index < -0.39 is 0 Å². The lowest BCUT2D eigenvalue weighted by atomic mass is 10.0. The number of anilines is 1. The number of nitrogens with two attached hydrogens (primary N) is 1. The van der Waals surface area contributed by atoms with Crippen molar-refractivity contribution < 1.29 is 0 Å². The number of aromatic nitrogens is 2. The maximum Gasteiger partial charge on any atom is 0.130 e. The summed E-state index contributed by atoms with van der Waals surface area (Å²) < 4.78 is 1.75. The third-order valence-corrected chi connectivity index (χ3v) is 4.53. The summed E-state index contributed by atoms with van der Waals surface area (Å²) in [6.45, 7) is 4.24. The van der Waals surface area contributed by atoms with Crippen LogP contribution in [0.2, 0.25) is 0 Å². The smallest absolute Gasteiger partial charge is 0.130 e. The molecule has 0 bridgehead atoms. The van der Waals surface area contributed by atoms with Crippen molar-refractivity contribution in [3.63, 3.8) is 0 Å². The van der Waals surface area contributed by atoms with Crippen LogP contribution in [0.4, 0.5) is 5.82 Å². The summed E-state index contributed by atoms with van der Waals surface area (Å²) in [7, 11) is 1.89. The Morgan fingerprint density at radius 1 is 1.15 bits per heavy atom. The van der Waals surface area contributed by atoms with Crippen molar-refractivity contribution >= 4 is 17.2 Å². The largest absolute Gasteiger partial charge is 0.383 e. The van der Waals surface area contributed by atoms with E-state index in [4.69, 9.17) is 5.73 Å². The van der Waals surface area contributed by atoms with Gasteiger partial charge in [0.05, 0.1) is 5.56 Å². The van der Waals surface area contributed by atoms with Gasteiger partial charge in [0.2, 0.25) is 0 Å². The molecule has 0 unspecified atom stereocenters. The summed E-state index contributed by atoms with van der Waals surface area (Å²) in [5.74, 6) is 0.709. The minimum Gasteiger partial charge on any atom is -0.383 e. The lowest BCUT2D eigenvalue weighted by Gasteiger charge is -2.05. The number of nitrogens with zero attached hydrogens (tertiary/aromatic N) is 2. The molecule has 1 aromatic carbocycles. The van der Waals surface area contributed by atoms with E-state index in [1.165, 1.54) is 11.1 Å². The Hall–Kier alpha value is -2.07. The first-order valence-corrected chi connectivity index (χ1v) is 7.40. The highest BCUT2D eigenvalue weighted by molar-refractivity contribution is 7.13. The van der Waals surface area contributed by atoms with Gasteiger partial charge in [-0.3, -0.25) is 4.68 Å². The number of thiophene rings is 1. The van der Waals surface area contributed by atoms with Gasteiger partial charge in [-0.15, -0.1) is 11.3 Å². The van der Waals surface area contributed by atoms with Crippen molar-refractivity contribution in [2.75, 3.05) is 5.73 Å². The van der Waals surface area contributed by atoms with E-state index in [1.54, 1.807) is 16.0 Å². The van der Waals surface area contributed by atoms with E-state index >= 15 is 0 Å². The third-order valence-electron chi connectivity index (χ3n) is 3.64. The molecule has 0 aliphatic carbocycles. The molecule has 4 heteroatoms. The molecule has 0 aliphatic heterocycles. The highest BCUT2D eigenvalue weighted by Crippen LogP contribution is 2.38. The Labute approximate surface area is 122 Å². The Morgan fingerprint density at radius 2 is 1.95 bits per heavy atom. The minimum atomic E-state index is 0.709. The molecule has 0 radical (unpaired) electrons. The average molecular weight is 283 g/mol. The van der Waals surface area contributed by atoms with Gasteiger partial charge < -0.3 is 5.73 Å². The molecule has 2 heterocycles. The number of benzene rings is 1. The molecule has 0 atom stereocenters. The summed E-state index contributed by atoms with van der Waals surface area (Å²) in [4.78, 5) is 1.16. The van der Waals surface area contributed by atoms with Crippen LogP contribution in [0.3, 0.4) is 0 Å². The Balaban J connectivity index is 2.24. The molecule has 3 rings (SSSR count). The Morgan fingerprint density at radius 3 is 2.60 bits per heavy atom. The number of aryl methyl sites for hydroxylation is 3. The fourth-order valence-corrected chi connectivity index (χ4v) is 3.07. The minimum absolute atomic E-state index is 0.709. The number of nitrogen functional groups attached to an aromatic ring is 1. The van der Waals surface area contributed by atoms with Crippen molar-refractivity contribution in [2.24, 2.45) is 7.05 Å². The van der Waals surface area contributed by atoms with Crippen molar-refractivity contribution in [3.8, 4) is 21.7 Å². The molecule has 0 saturated carbocycles. The summed E-state index contributed by atoms with van der Waals surface area (Å²) in [5, 5.41) is 6.67. The SMILES string of the molecule is Cc1ccc(-c2nn(C)c(N)c2-c2cccs2)cc1C. The van der Waals surface area contributed by atoms with Gasteiger partial charge in [-0.1, -0.05) is 18.2 Å². The summed E-state index contributed by atoms with van der Waals surface area (Å²) in [5.41, 5.74) is 11.9. The van der Waals surface area contributed by atoms with Crippen molar-refractivity contribution in [3.05, 3.63) is 46.8 Å². The Bertz CT molecular complexity index is 754. The zero-order valence-corrected chi connectivity index (χ0v) is 12.7. The first-order valence-electron chi connectivity index (χ1n) is 6.52. The first kappa shape index (κ1) is 12.9. The summed E-state index contributed by atoms with van der Waals surface area (Å²) >= 11 is 1.69. The van der Waals surface area contributed by atoms with Gasteiger partial charge in [-0.25, -0.2) is 0 Å². The molecule has 3 aromatic rings. The quantitative estimate of drug-likeness (QED) is 0.772. The lowest BCUT2D eigenvalue weighted by molar-refractivity contribution is 0.782. The molecular formula is C16H17N3S. The van der Waals surface area contributed by atoms with E-state index in [0.29, 0.717) is 5.82 Å². The standard InChI is InChI=1S/C16H17N3S/c1-10-6-7-12(9-11(10)2)15-14(13-5-4-8-20-13)16(17)19(3)18-15/h4-9H,17H2,1-3H3. The lowest BCUT2D eigenvalue weighted by Crippen LogP contribution is -1.97. The van der Waals surface area contributed by atoms with E-state index in [2.05, 4.69) is 48.6 Å². The normalized spacial score (nSPS) is 10.9. The van der Waals surface area contributed by atoms with E-state index in [0.717, 1.165) is 21.7 Å². The highest BCUT2D eigenvalue weighted by atomic mass is 32.1. The van der Waals surface area contributed by atoms with Crippen LogP contribution in [-0.4, -0.2) is 9.78 Å². The van der Waals surface area contributed by atoms with Gasteiger partial charge in [0, 0.05) is 17.5 Å². The van der Waals surface area contributed by atoms with Gasteiger partial charge in [0.1, 0.15) is 11.5 Å². The number of hydrogen-bond donors (Lipinski definition) is 1. The van der Waals surface area contributed by atoms with Crippen LogP contribution in [0.25, 0.3) is 21.7 Å². The second-order valence-corrected chi connectivity index (χ2v) is 5.96. The van der Waals surface area contributed by atoms with Gasteiger partial charge in [-0.2, -0.15) is 5.10 Å². The van der Waals surface area contributed by atoms with E-state index in [1.807, 2.05) is 13.1 Å². The molecule has 0 fully saturated rings. The monoisotopic (exact) mass is 283 g/mol. The topological polar surface area (TPSA) is 43.8 Å². The summed E-state index contributed by atoms with van der Waals surface area (Å²) in [6, 6.07) is 10.5. The van der Waals surface area contributed by atoms with Crippen LogP contribution in [0.5, 0.6) is 0 Å². The van der Waals surface area contributed by atoms with E-state index in [9.17, 15) is 0 Å². The molecule has 102 valence electrons. The fraction of sp³-hybridized carbons (Fsp3) is 0.188. The zero-order chi connectivity index (χ0) is 14.3. The van der Waals surface area contributed by atoms with Crippen LogP contribution in [0.1, 0.15) is 11.1 Å². The molecule has 3 nitrogen and oxygen atoms in total. The van der Waals surface area contributed by atoms with E-state index in [-0.39, 0.29) is 0 Å².